The summed E-state index contributed by atoms with van der Waals surface area (Å²) in [5.74, 6) is 2.17. The average molecular weight is 390 g/mol. The third kappa shape index (κ3) is 6.24. The topological polar surface area (TPSA) is 67.8 Å². The molecule has 0 aliphatic heterocycles. The van der Waals surface area contributed by atoms with E-state index in [0.29, 0.717) is 31.5 Å². The van der Waals surface area contributed by atoms with Crippen LogP contribution in [-0.4, -0.2) is 25.1 Å². The third-order valence-electron chi connectivity index (χ3n) is 4.36. The molecule has 6 heteroatoms. The minimum absolute atomic E-state index is 0.481. The van der Waals surface area contributed by atoms with Crippen molar-refractivity contribution in [2.45, 2.75) is 19.7 Å². The van der Waals surface area contributed by atoms with Crippen molar-refractivity contribution in [1.82, 2.24) is 15.6 Å². The molecule has 0 bridgehead atoms. The number of benzene rings is 2. The summed E-state index contributed by atoms with van der Waals surface area (Å²) in [6, 6.07) is 21.9. The molecule has 2 aromatic carbocycles. The summed E-state index contributed by atoms with van der Waals surface area (Å²) < 4.78 is 11.1. The first-order valence-corrected chi connectivity index (χ1v) is 9.46. The van der Waals surface area contributed by atoms with Gasteiger partial charge in [-0.05, 0) is 29.3 Å². The van der Waals surface area contributed by atoms with Gasteiger partial charge in [0.2, 0.25) is 5.88 Å². The second-order valence-corrected chi connectivity index (χ2v) is 6.37. The van der Waals surface area contributed by atoms with Crippen LogP contribution in [0.15, 0.2) is 77.9 Å². The average Bonchev–Trinajstić information content (AvgIpc) is 2.79. The molecule has 29 heavy (non-hydrogen) atoms. The number of hydrogen-bond donors (Lipinski definition) is 2. The highest BCUT2D eigenvalue weighted by Crippen LogP contribution is 2.16. The molecule has 0 spiro atoms. The predicted molar refractivity (Wildman–Crippen MR) is 115 cm³/mol. The van der Waals surface area contributed by atoms with Crippen molar-refractivity contribution in [3.8, 4) is 11.6 Å². The van der Waals surface area contributed by atoms with Crippen LogP contribution in [0.2, 0.25) is 0 Å². The molecule has 1 aromatic heterocycles. The van der Waals surface area contributed by atoms with Gasteiger partial charge in [0.1, 0.15) is 12.4 Å². The van der Waals surface area contributed by atoms with Crippen molar-refractivity contribution < 1.29 is 9.47 Å². The number of hydrogen-bond acceptors (Lipinski definition) is 4. The van der Waals surface area contributed by atoms with Gasteiger partial charge in [-0.3, -0.25) is 4.99 Å². The van der Waals surface area contributed by atoms with Crippen LogP contribution in [0, 0.1) is 0 Å². The van der Waals surface area contributed by atoms with Gasteiger partial charge in [0.25, 0.3) is 0 Å². The normalized spacial score (nSPS) is 11.0. The lowest BCUT2D eigenvalue weighted by molar-refractivity contribution is 0.290. The highest BCUT2D eigenvalue weighted by molar-refractivity contribution is 5.79. The van der Waals surface area contributed by atoms with Gasteiger partial charge in [0.15, 0.2) is 5.96 Å². The highest BCUT2D eigenvalue weighted by Gasteiger charge is 2.07. The Morgan fingerprint density at radius 2 is 1.66 bits per heavy atom. The number of aliphatic imine (C=N–C) groups is 1. The molecule has 2 N–H and O–H groups in total. The van der Waals surface area contributed by atoms with Crippen LogP contribution in [-0.2, 0) is 19.7 Å². The smallest absolute Gasteiger partial charge is 0.218 e. The SMILES string of the molecule is CN=C(NCc1ccc(OC)cc1)NCc1cccnc1OCc1ccccc1. The predicted octanol–water partition coefficient (Wildman–Crippen LogP) is 3.53. The quantitative estimate of drug-likeness (QED) is 0.455. The lowest BCUT2D eigenvalue weighted by Crippen LogP contribution is -2.36. The number of ether oxygens (including phenoxy) is 2. The molecule has 0 saturated heterocycles. The van der Waals surface area contributed by atoms with E-state index in [1.165, 1.54) is 0 Å². The Morgan fingerprint density at radius 1 is 0.897 bits per heavy atom. The molecule has 0 amide bonds. The molecule has 0 unspecified atom stereocenters. The Kier molecular flexibility index (Phi) is 7.46. The molecule has 0 fully saturated rings. The molecule has 0 radical (unpaired) electrons. The summed E-state index contributed by atoms with van der Waals surface area (Å²) in [6.07, 6.45) is 1.74. The van der Waals surface area contributed by atoms with Crippen molar-refractivity contribution in [2.75, 3.05) is 14.2 Å². The molecule has 0 aliphatic rings. The Morgan fingerprint density at radius 3 is 2.38 bits per heavy atom. The molecular weight excluding hydrogens is 364 g/mol. The summed E-state index contributed by atoms with van der Waals surface area (Å²) in [4.78, 5) is 8.66. The fourth-order valence-corrected chi connectivity index (χ4v) is 2.74. The number of nitrogens with zero attached hydrogens (tertiary/aromatic N) is 2. The van der Waals surface area contributed by atoms with E-state index in [1.807, 2.05) is 66.7 Å². The summed E-state index contributed by atoms with van der Waals surface area (Å²) >= 11 is 0. The van der Waals surface area contributed by atoms with Crippen molar-refractivity contribution in [1.29, 1.82) is 0 Å². The highest BCUT2D eigenvalue weighted by atomic mass is 16.5. The zero-order valence-electron chi connectivity index (χ0n) is 16.8. The Hall–Kier alpha value is -3.54. The molecule has 3 aromatic rings. The number of nitrogens with one attached hydrogen (secondary N) is 2. The van der Waals surface area contributed by atoms with Crippen LogP contribution in [0.25, 0.3) is 0 Å². The zero-order chi connectivity index (χ0) is 20.3. The van der Waals surface area contributed by atoms with Crippen LogP contribution < -0.4 is 20.1 Å². The van der Waals surface area contributed by atoms with Gasteiger partial charge in [-0.25, -0.2) is 4.98 Å². The molecule has 0 atom stereocenters. The van der Waals surface area contributed by atoms with Crippen LogP contribution in [0.3, 0.4) is 0 Å². The molecular formula is C23H26N4O2. The number of pyridine rings is 1. The maximum Gasteiger partial charge on any atom is 0.218 e. The molecule has 6 nitrogen and oxygen atoms in total. The van der Waals surface area contributed by atoms with E-state index in [0.717, 1.165) is 22.4 Å². The van der Waals surface area contributed by atoms with E-state index in [1.54, 1.807) is 20.4 Å². The van der Waals surface area contributed by atoms with Crippen LogP contribution in [0.4, 0.5) is 0 Å². The summed E-state index contributed by atoms with van der Waals surface area (Å²) in [5.41, 5.74) is 3.21. The number of guanidine groups is 1. The number of aromatic nitrogens is 1. The van der Waals surface area contributed by atoms with Crippen molar-refractivity contribution in [3.63, 3.8) is 0 Å². The summed E-state index contributed by atoms with van der Waals surface area (Å²) in [6.45, 7) is 1.70. The number of rotatable bonds is 8. The van der Waals surface area contributed by atoms with Gasteiger partial charge < -0.3 is 20.1 Å². The monoisotopic (exact) mass is 390 g/mol. The van der Waals surface area contributed by atoms with Crippen LogP contribution >= 0.6 is 0 Å². The van der Waals surface area contributed by atoms with Crippen molar-refractivity contribution in [2.24, 2.45) is 4.99 Å². The molecule has 150 valence electrons. The van der Waals surface area contributed by atoms with Gasteiger partial charge in [-0.2, -0.15) is 0 Å². The van der Waals surface area contributed by atoms with E-state index >= 15 is 0 Å². The minimum atomic E-state index is 0.481. The lowest BCUT2D eigenvalue weighted by atomic mass is 10.2. The lowest BCUT2D eigenvalue weighted by Gasteiger charge is -2.14. The standard InChI is InChI=1S/C23H26N4O2/c1-24-23(26-15-18-10-12-21(28-2)13-11-18)27-16-20-9-6-14-25-22(20)29-17-19-7-4-3-5-8-19/h3-14H,15-17H2,1-2H3,(H2,24,26,27). The van der Waals surface area contributed by atoms with E-state index < -0.39 is 0 Å². The summed E-state index contributed by atoms with van der Waals surface area (Å²) in [7, 11) is 3.41. The van der Waals surface area contributed by atoms with Gasteiger partial charge >= 0.3 is 0 Å². The van der Waals surface area contributed by atoms with E-state index in [2.05, 4.69) is 20.6 Å². The summed E-state index contributed by atoms with van der Waals surface area (Å²) in [5, 5.41) is 6.62. The Labute approximate surface area is 171 Å². The molecule has 1 heterocycles. The third-order valence-corrected chi connectivity index (χ3v) is 4.36. The largest absolute Gasteiger partial charge is 0.497 e. The first-order valence-electron chi connectivity index (χ1n) is 9.46. The fraction of sp³-hybridized carbons (Fsp3) is 0.217. The van der Waals surface area contributed by atoms with Gasteiger partial charge in [-0.15, -0.1) is 0 Å². The van der Waals surface area contributed by atoms with Crippen molar-refractivity contribution in [3.05, 3.63) is 89.6 Å². The maximum absolute atomic E-state index is 5.92. The van der Waals surface area contributed by atoms with Gasteiger partial charge in [0.05, 0.1) is 7.11 Å². The maximum atomic E-state index is 5.92. The van der Waals surface area contributed by atoms with Crippen LogP contribution in [0.5, 0.6) is 11.6 Å². The van der Waals surface area contributed by atoms with E-state index in [4.69, 9.17) is 9.47 Å². The second kappa shape index (κ2) is 10.7. The second-order valence-electron chi connectivity index (χ2n) is 6.37. The number of methoxy groups -OCH3 is 1. The van der Waals surface area contributed by atoms with Crippen LogP contribution in [0.1, 0.15) is 16.7 Å². The Bertz CT molecular complexity index is 912. The van der Waals surface area contributed by atoms with E-state index in [9.17, 15) is 0 Å². The molecule has 0 saturated carbocycles. The van der Waals surface area contributed by atoms with E-state index in [-0.39, 0.29) is 0 Å². The first kappa shape index (κ1) is 20.2. The first-order chi connectivity index (χ1) is 14.3. The van der Waals surface area contributed by atoms with Gasteiger partial charge in [0, 0.05) is 31.9 Å². The fourth-order valence-electron chi connectivity index (χ4n) is 2.74. The van der Waals surface area contributed by atoms with Gasteiger partial charge in [-0.1, -0.05) is 48.5 Å². The zero-order valence-corrected chi connectivity index (χ0v) is 16.8. The Balaban J connectivity index is 1.53. The van der Waals surface area contributed by atoms with Crippen molar-refractivity contribution >= 4 is 5.96 Å². The molecule has 3 rings (SSSR count). The molecule has 0 aliphatic carbocycles. The minimum Gasteiger partial charge on any atom is -0.497 e.